The van der Waals surface area contributed by atoms with Crippen molar-refractivity contribution in [3.05, 3.63) is 59.1 Å². The van der Waals surface area contributed by atoms with Crippen molar-refractivity contribution in [2.45, 2.75) is 0 Å². The summed E-state index contributed by atoms with van der Waals surface area (Å²) in [6.45, 7) is 0.303. The van der Waals surface area contributed by atoms with Gasteiger partial charge in [0.1, 0.15) is 0 Å². The third-order valence-electron chi connectivity index (χ3n) is 3.35. The minimum Gasteiger partial charge on any atom is -0.322 e. The molecule has 7 heteroatoms. The van der Waals surface area contributed by atoms with Crippen molar-refractivity contribution >= 4 is 34.8 Å². The van der Waals surface area contributed by atoms with E-state index >= 15 is 0 Å². The lowest BCUT2D eigenvalue weighted by Crippen LogP contribution is -3.11. The zero-order valence-electron chi connectivity index (χ0n) is 13.7. The molecule has 6 nitrogen and oxygen atoms in total. The van der Waals surface area contributed by atoms with Crippen LogP contribution in [0, 0.1) is 11.3 Å². The summed E-state index contributed by atoms with van der Waals surface area (Å²) in [5.41, 5.74) is 1.80. The molecule has 0 radical (unpaired) electrons. The zero-order valence-corrected chi connectivity index (χ0v) is 14.4. The van der Waals surface area contributed by atoms with Crippen molar-refractivity contribution in [2.24, 2.45) is 0 Å². The molecule has 0 aliphatic heterocycles. The Bertz CT molecular complexity index is 782. The standard InChI is InChI=1S/C18H17ClN4O2/c1-23(12-18(25)22-16-8-4-14(19)5-9-16)11-17(24)21-15-6-2-13(10-20)3-7-15/h2-9H,11-12H2,1H3,(H,21,24)(H,22,25)/p+1. The number of carbonyl (C=O) groups is 2. The van der Waals surface area contributed by atoms with Crippen LogP contribution in [-0.4, -0.2) is 32.0 Å². The molecular weight excluding hydrogens is 340 g/mol. The van der Waals surface area contributed by atoms with E-state index < -0.39 is 0 Å². The maximum Gasteiger partial charge on any atom is 0.279 e. The van der Waals surface area contributed by atoms with Crippen LogP contribution >= 0.6 is 11.6 Å². The second kappa shape index (κ2) is 8.83. The summed E-state index contributed by atoms with van der Waals surface area (Å²) < 4.78 is 0. The third kappa shape index (κ3) is 6.26. The molecule has 0 heterocycles. The molecule has 1 unspecified atom stereocenters. The second-order valence-corrected chi connectivity index (χ2v) is 6.04. The van der Waals surface area contributed by atoms with Crippen LogP contribution in [0.3, 0.4) is 0 Å². The lowest BCUT2D eigenvalue weighted by Gasteiger charge is -2.14. The van der Waals surface area contributed by atoms with Gasteiger partial charge < -0.3 is 15.5 Å². The number of quaternary nitrogens is 1. The average molecular weight is 358 g/mol. The Morgan fingerprint density at radius 3 is 1.84 bits per heavy atom. The highest BCUT2D eigenvalue weighted by Crippen LogP contribution is 2.13. The first-order valence-corrected chi connectivity index (χ1v) is 8.01. The number of halogens is 1. The number of hydrogen-bond donors (Lipinski definition) is 3. The number of likely N-dealkylation sites (N-methyl/N-ethyl adjacent to an activating group) is 1. The first kappa shape index (κ1) is 18.5. The van der Waals surface area contributed by atoms with Crippen LogP contribution in [0.2, 0.25) is 5.02 Å². The summed E-state index contributed by atoms with van der Waals surface area (Å²) in [5.74, 6) is -0.396. The molecule has 0 spiro atoms. The minimum absolute atomic E-state index is 0.147. The van der Waals surface area contributed by atoms with Crippen molar-refractivity contribution in [3.63, 3.8) is 0 Å². The maximum absolute atomic E-state index is 12.0. The van der Waals surface area contributed by atoms with Crippen molar-refractivity contribution in [1.82, 2.24) is 0 Å². The zero-order chi connectivity index (χ0) is 18.2. The Morgan fingerprint density at radius 1 is 0.960 bits per heavy atom. The van der Waals surface area contributed by atoms with Gasteiger partial charge in [0.05, 0.1) is 18.7 Å². The number of hydrogen-bond acceptors (Lipinski definition) is 3. The highest BCUT2D eigenvalue weighted by molar-refractivity contribution is 6.30. The summed E-state index contributed by atoms with van der Waals surface area (Å²) in [4.78, 5) is 24.7. The molecule has 2 aromatic rings. The van der Waals surface area contributed by atoms with Gasteiger partial charge in [0.15, 0.2) is 13.1 Å². The number of anilines is 2. The molecule has 0 aromatic heterocycles. The fourth-order valence-corrected chi connectivity index (χ4v) is 2.31. The van der Waals surface area contributed by atoms with Crippen molar-refractivity contribution < 1.29 is 14.5 Å². The van der Waals surface area contributed by atoms with Gasteiger partial charge in [-0.3, -0.25) is 9.59 Å². The lowest BCUT2D eigenvalue weighted by atomic mass is 10.2. The molecule has 25 heavy (non-hydrogen) atoms. The molecule has 1 atom stereocenters. The van der Waals surface area contributed by atoms with E-state index in [9.17, 15) is 9.59 Å². The SMILES string of the molecule is C[NH+](CC(=O)Nc1ccc(Cl)cc1)CC(=O)Nc1ccc(C#N)cc1. The summed E-state index contributed by atoms with van der Waals surface area (Å²) in [6, 6.07) is 15.4. The fraction of sp³-hybridized carbons (Fsp3) is 0.167. The van der Waals surface area contributed by atoms with E-state index in [1.54, 1.807) is 55.6 Å². The van der Waals surface area contributed by atoms with Crippen LogP contribution in [0.25, 0.3) is 0 Å². The van der Waals surface area contributed by atoms with Gasteiger partial charge in [-0.2, -0.15) is 5.26 Å². The van der Waals surface area contributed by atoms with Crippen LogP contribution in [0.15, 0.2) is 48.5 Å². The molecule has 2 amide bonds. The van der Waals surface area contributed by atoms with E-state index in [-0.39, 0.29) is 24.9 Å². The average Bonchev–Trinajstić information content (AvgIpc) is 2.57. The smallest absolute Gasteiger partial charge is 0.279 e. The van der Waals surface area contributed by atoms with E-state index in [0.717, 1.165) is 4.90 Å². The van der Waals surface area contributed by atoms with Crippen molar-refractivity contribution in [3.8, 4) is 6.07 Å². The van der Waals surface area contributed by atoms with E-state index in [1.165, 1.54) is 0 Å². The number of nitrogens with one attached hydrogen (secondary N) is 3. The Morgan fingerprint density at radius 2 is 1.40 bits per heavy atom. The van der Waals surface area contributed by atoms with Crippen LogP contribution < -0.4 is 15.5 Å². The molecule has 0 aliphatic carbocycles. The quantitative estimate of drug-likeness (QED) is 0.728. The molecular formula is C18H18ClN4O2+. The number of carbonyl (C=O) groups excluding carboxylic acids is 2. The Hall–Kier alpha value is -2.88. The van der Waals surface area contributed by atoms with E-state index in [1.807, 2.05) is 6.07 Å². The number of nitriles is 1. The predicted octanol–water partition coefficient (Wildman–Crippen LogP) is 1.30. The van der Waals surface area contributed by atoms with Crippen LogP contribution in [0.1, 0.15) is 5.56 Å². The molecule has 0 saturated heterocycles. The Labute approximate surface area is 151 Å². The van der Waals surface area contributed by atoms with E-state index in [4.69, 9.17) is 16.9 Å². The first-order valence-electron chi connectivity index (χ1n) is 7.63. The van der Waals surface area contributed by atoms with Crippen molar-refractivity contribution in [1.29, 1.82) is 5.26 Å². The van der Waals surface area contributed by atoms with E-state index in [0.29, 0.717) is 22.0 Å². The first-order chi connectivity index (χ1) is 12.0. The third-order valence-corrected chi connectivity index (χ3v) is 3.60. The number of benzene rings is 2. The lowest BCUT2D eigenvalue weighted by molar-refractivity contribution is -0.862. The molecule has 0 aliphatic rings. The topological polar surface area (TPSA) is 86.4 Å². The molecule has 128 valence electrons. The molecule has 2 aromatic carbocycles. The van der Waals surface area contributed by atoms with Crippen molar-refractivity contribution in [2.75, 3.05) is 30.8 Å². The fourth-order valence-electron chi connectivity index (χ4n) is 2.18. The van der Waals surface area contributed by atoms with Crippen LogP contribution in [0.5, 0.6) is 0 Å². The monoisotopic (exact) mass is 357 g/mol. The minimum atomic E-state index is -0.207. The molecule has 3 N–H and O–H groups in total. The van der Waals surface area contributed by atoms with Crippen LogP contribution in [-0.2, 0) is 9.59 Å². The van der Waals surface area contributed by atoms with Gasteiger partial charge >= 0.3 is 0 Å². The maximum atomic E-state index is 12.0. The summed E-state index contributed by atoms with van der Waals surface area (Å²) in [7, 11) is 1.76. The Kier molecular flexibility index (Phi) is 6.52. The number of amides is 2. The largest absolute Gasteiger partial charge is 0.322 e. The van der Waals surface area contributed by atoms with Gasteiger partial charge in [-0.15, -0.1) is 0 Å². The molecule has 0 saturated carbocycles. The normalized spacial score (nSPS) is 11.2. The highest BCUT2D eigenvalue weighted by Gasteiger charge is 2.14. The summed E-state index contributed by atoms with van der Waals surface area (Å²) in [6.07, 6.45) is 0. The van der Waals surface area contributed by atoms with Gasteiger partial charge in [0, 0.05) is 16.4 Å². The van der Waals surface area contributed by atoms with Gasteiger partial charge in [0.25, 0.3) is 11.8 Å². The van der Waals surface area contributed by atoms with Gasteiger partial charge in [-0.1, -0.05) is 11.6 Å². The molecule has 0 bridgehead atoms. The van der Waals surface area contributed by atoms with Gasteiger partial charge in [0.2, 0.25) is 0 Å². The molecule has 0 fully saturated rings. The number of rotatable bonds is 6. The predicted molar refractivity (Wildman–Crippen MR) is 96.5 cm³/mol. The molecule has 2 rings (SSSR count). The van der Waals surface area contributed by atoms with Crippen LogP contribution in [0.4, 0.5) is 11.4 Å². The Balaban J connectivity index is 1.79. The van der Waals surface area contributed by atoms with Gasteiger partial charge in [-0.05, 0) is 48.5 Å². The second-order valence-electron chi connectivity index (χ2n) is 5.60. The highest BCUT2D eigenvalue weighted by atomic mass is 35.5. The van der Waals surface area contributed by atoms with Gasteiger partial charge in [-0.25, -0.2) is 0 Å². The van der Waals surface area contributed by atoms with E-state index in [2.05, 4.69) is 10.6 Å². The summed E-state index contributed by atoms with van der Waals surface area (Å²) >= 11 is 5.80. The number of nitrogens with zero attached hydrogens (tertiary/aromatic N) is 1. The summed E-state index contributed by atoms with van der Waals surface area (Å²) in [5, 5.41) is 14.8.